The van der Waals surface area contributed by atoms with Crippen molar-refractivity contribution < 1.29 is 14.3 Å². The Bertz CT molecular complexity index is 787. The number of esters is 1. The Morgan fingerprint density at radius 2 is 2.08 bits per heavy atom. The predicted octanol–water partition coefficient (Wildman–Crippen LogP) is 4.56. The fraction of sp³-hybridized carbons (Fsp3) is 0.350. The van der Waals surface area contributed by atoms with Crippen molar-refractivity contribution in [1.82, 2.24) is 0 Å². The van der Waals surface area contributed by atoms with Crippen molar-refractivity contribution in [2.24, 2.45) is 5.92 Å². The van der Waals surface area contributed by atoms with Gasteiger partial charge in [-0.05, 0) is 30.2 Å². The van der Waals surface area contributed by atoms with E-state index in [4.69, 9.17) is 9.47 Å². The number of hydrogen-bond donors (Lipinski definition) is 0. The van der Waals surface area contributed by atoms with E-state index in [1.165, 1.54) is 0 Å². The molecule has 0 radical (unpaired) electrons. The van der Waals surface area contributed by atoms with E-state index in [0.29, 0.717) is 6.61 Å². The number of thioether (sulfide) groups is 1. The minimum Gasteiger partial charge on any atom is -0.485 e. The molecule has 0 aromatic heterocycles. The van der Waals surface area contributed by atoms with Gasteiger partial charge < -0.3 is 9.47 Å². The molecule has 3 nitrogen and oxygen atoms in total. The molecule has 1 unspecified atom stereocenters. The van der Waals surface area contributed by atoms with E-state index >= 15 is 0 Å². The molecule has 1 aliphatic heterocycles. The molecule has 1 saturated carbocycles. The molecule has 4 heteroatoms. The van der Waals surface area contributed by atoms with Crippen molar-refractivity contribution in [1.29, 1.82) is 0 Å². The quantitative estimate of drug-likeness (QED) is 0.748. The van der Waals surface area contributed by atoms with E-state index < -0.39 is 5.60 Å². The number of fused-ring (bicyclic) bond motifs is 1. The van der Waals surface area contributed by atoms with Crippen LogP contribution < -0.4 is 4.74 Å². The van der Waals surface area contributed by atoms with Gasteiger partial charge >= 0.3 is 5.97 Å². The number of ether oxygens (including phenoxy) is 2. The second-order valence-electron chi connectivity index (χ2n) is 6.28. The van der Waals surface area contributed by atoms with Crippen LogP contribution in [0, 0.1) is 5.92 Å². The van der Waals surface area contributed by atoms with Crippen molar-refractivity contribution in [2.45, 2.75) is 30.6 Å². The monoisotopic (exact) mass is 340 g/mol. The van der Waals surface area contributed by atoms with Crippen LogP contribution in [0.5, 0.6) is 5.75 Å². The molecule has 4 rings (SSSR count). The summed E-state index contributed by atoms with van der Waals surface area (Å²) in [6.45, 7) is 2.26. The first-order chi connectivity index (χ1) is 11.7. The largest absolute Gasteiger partial charge is 0.485 e. The average molecular weight is 340 g/mol. The maximum Gasteiger partial charge on any atom is 0.313 e. The van der Waals surface area contributed by atoms with Crippen LogP contribution in [0.25, 0.3) is 10.8 Å². The Morgan fingerprint density at radius 3 is 2.88 bits per heavy atom. The number of allylic oxidation sites excluding steroid dienone is 1. The Morgan fingerprint density at radius 1 is 1.25 bits per heavy atom. The van der Waals surface area contributed by atoms with Gasteiger partial charge in [-0.2, -0.15) is 0 Å². The van der Waals surface area contributed by atoms with Crippen LogP contribution in [0.1, 0.15) is 19.8 Å². The molecule has 2 aromatic rings. The summed E-state index contributed by atoms with van der Waals surface area (Å²) in [5.41, 5.74) is -0.454. The van der Waals surface area contributed by atoms with E-state index in [1.54, 1.807) is 11.8 Å². The molecule has 0 amide bonds. The minimum absolute atomic E-state index is 0.134. The van der Waals surface area contributed by atoms with Crippen LogP contribution in [0.4, 0.5) is 0 Å². The molecule has 0 N–H and O–H groups in total. The normalized spacial score (nSPS) is 28.0. The van der Waals surface area contributed by atoms with Gasteiger partial charge in [-0.15, -0.1) is 11.8 Å². The molecule has 1 heterocycles. The number of carbonyl (C=O) groups is 1. The average Bonchev–Trinajstić information content (AvgIpc) is 3.06. The van der Waals surface area contributed by atoms with Crippen molar-refractivity contribution in [3.8, 4) is 5.75 Å². The predicted molar refractivity (Wildman–Crippen MR) is 97.2 cm³/mol. The first kappa shape index (κ1) is 15.6. The second kappa shape index (κ2) is 6.17. The molecular formula is C20H20O3S. The minimum atomic E-state index is -0.454. The molecule has 2 aliphatic rings. The molecule has 3 atom stereocenters. The van der Waals surface area contributed by atoms with E-state index in [9.17, 15) is 4.79 Å². The van der Waals surface area contributed by atoms with Crippen LogP contribution in [-0.4, -0.2) is 23.4 Å². The van der Waals surface area contributed by atoms with Crippen molar-refractivity contribution in [3.05, 3.63) is 53.9 Å². The summed E-state index contributed by atoms with van der Waals surface area (Å²) in [4.78, 5) is 12.3. The van der Waals surface area contributed by atoms with Gasteiger partial charge in [-0.3, -0.25) is 4.79 Å². The highest BCUT2D eigenvalue weighted by Crippen LogP contribution is 2.56. The van der Waals surface area contributed by atoms with Gasteiger partial charge in [-0.1, -0.05) is 42.5 Å². The third kappa shape index (κ3) is 2.59. The topological polar surface area (TPSA) is 35.5 Å². The summed E-state index contributed by atoms with van der Waals surface area (Å²) < 4.78 is 11.8. The van der Waals surface area contributed by atoms with E-state index in [-0.39, 0.29) is 17.1 Å². The lowest BCUT2D eigenvalue weighted by Crippen LogP contribution is -2.35. The Balaban J connectivity index is 1.66. The zero-order valence-electron chi connectivity index (χ0n) is 13.6. The number of hydrogen-bond acceptors (Lipinski definition) is 4. The lowest BCUT2D eigenvalue weighted by atomic mass is 10.1. The Kier molecular flexibility index (Phi) is 4.01. The molecule has 1 aliphatic carbocycles. The summed E-state index contributed by atoms with van der Waals surface area (Å²) >= 11 is 1.76. The van der Waals surface area contributed by atoms with Gasteiger partial charge in [0.15, 0.2) is 0 Å². The second-order valence-corrected chi connectivity index (χ2v) is 7.39. The highest BCUT2D eigenvalue weighted by Gasteiger charge is 2.66. The van der Waals surface area contributed by atoms with E-state index in [2.05, 4.69) is 29.7 Å². The molecule has 2 aromatic carbocycles. The summed E-state index contributed by atoms with van der Waals surface area (Å²) in [5.74, 6) is 0.548. The van der Waals surface area contributed by atoms with Crippen molar-refractivity contribution >= 4 is 28.5 Å². The maximum absolute atomic E-state index is 12.3. The van der Waals surface area contributed by atoms with Gasteiger partial charge in [0.2, 0.25) is 0 Å². The fourth-order valence-electron chi connectivity index (χ4n) is 3.51. The van der Waals surface area contributed by atoms with Gasteiger partial charge in [0.25, 0.3) is 0 Å². The summed E-state index contributed by atoms with van der Waals surface area (Å²) in [6.07, 6.45) is 3.82. The van der Waals surface area contributed by atoms with E-state index in [1.807, 2.05) is 31.2 Å². The number of rotatable bonds is 5. The SMILES string of the molecule is CCOC(=O)[C@@H]1C[C@@]1(Oc1cccc2ccccc12)C1CC=CS1. The van der Waals surface area contributed by atoms with Crippen molar-refractivity contribution in [3.63, 3.8) is 0 Å². The molecule has 0 saturated heterocycles. The van der Waals surface area contributed by atoms with Crippen LogP contribution in [-0.2, 0) is 9.53 Å². The molecule has 0 spiro atoms. The van der Waals surface area contributed by atoms with Crippen LogP contribution in [0.2, 0.25) is 0 Å². The summed E-state index contributed by atoms with van der Waals surface area (Å²) in [7, 11) is 0. The van der Waals surface area contributed by atoms with Gasteiger partial charge in [0.05, 0.1) is 11.9 Å². The van der Waals surface area contributed by atoms with Gasteiger partial charge in [0, 0.05) is 11.8 Å². The van der Waals surface area contributed by atoms with E-state index in [0.717, 1.165) is 29.4 Å². The zero-order valence-corrected chi connectivity index (χ0v) is 14.4. The fourth-order valence-corrected chi connectivity index (χ4v) is 4.68. The van der Waals surface area contributed by atoms with Crippen LogP contribution >= 0.6 is 11.8 Å². The third-order valence-electron chi connectivity index (χ3n) is 4.81. The molecular weight excluding hydrogens is 320 g/mol. The molecule has 24 heavy (non-hydrogen) atoms. The standard InChI is InChI=1S/C20H20O3S/c1-2-22-19(21)16-13-20(16,18-11-6-12-24-18)23-17-10-5-8-14-7-3-4-9-15(14)17/h3-10,12,16,18H,2,11,13H2,1H3/t16-,18?,20-/m0/s1. The highest BCUT2D eigenvalue weighted by atomic mass is 32.2. The Hall–Kier alpha value is -1.94. The first-order valence-corrected chi connectivity index (χ1v) is 9.33. The Labute approximate surface area is 146 Å². The zero-order chi connectivity index (χ0) is 16.6. The van der Waals surface area contributed by atoms with Crippen LogP contribution in [0.15, 0.2) is 53.9 Å². The lowest BCUT2D eigenvalue weighted by molar-refractivity contribution is -0.146. The maximum atomic E-state index is 12.3. The number of benzene rings is 2. The molecule has 1 fully saturated rings. The van der Waals surface area contributed by atoms with Gasteiger partial charge in [-0.25, -0.2) is 0 Å². The smallest absolute Gasteiger partial charge is 0.313 e. The summed E-state index contributed by atoms with van der Waals surface area (Å²) in [5, 5.41) is 4.62. The third-order valence-corrected chi connectivity index (χ3v) is 6.08. The lowest BCUT2D eigenvalue weighted by Gasteiger charge is -2.26. The van der Waals surface area contributed by atoms with Gasteiger partial charge in [0.1, 0.15) is 17.3 Å². The van der Waals surface area contributed by atoms with Crippen LogP contribution in [0.3, 0.4) is 0 Å². The number of carbonyl (C=O) groups excluding carboxylic acids is 1. The molecule has 124 valence electrons. The van der Waals surface area contributed by atoms with Crippen molar-refractivity contribution in [2.75, 3.05) is 6.61 Å². The first-order valence-electron chi connectivity index (χ1n) is 8.38. The highest BCUT2D eigenvalue weighted by molar-refractivity contribution is 8.03. The summed E-state index contributed by atoms with van der Waals surface area (Å²) in [6, 6.07) is 14.3. The molecule has 0 bridgehead atoms.